The molecule has 0 aromatic heterocycles. The van der Waals surface area contributed by atoms with Crippen molar-refractivity contribution < 1.29 is 4.39 Å². The molecule has 76 valence electrons. The van der Waals surface area contributed by atoms with Gasteiger partial charge < -0.3 is 0 Å². The van der Waals surface area contributed by atoms with E-state index >= 15 is 0 Å². The van der Waals surface area contributed by atoms with Gasteiger partial charge in [0.25, 0.3) is 0 Å². The molecular weight excluding hydrogens is 175 g/mol. The average molecular weight is 192 g/mol. The highest BCUT2D eigenvalue weighted by Gasteiger charge is 2.03. The van der Waals surface area contributed by atoms with Gasteiger partial charge in [0, 0.05) is 5.56 Å². The number of allylic oxidation sites excluding steroid dienone is 1. The van der Waals surface area contributed by atoms with E-state index < -0.39 is 0 Å². The fourth-order valence-corrected chi connectivity index (χ4v) is 1.22. The summed E-state index contributed by atoms with van der Waals surface area (Å²) in [5, 5.41) is 0. The first-order valence-electron chi connectivity index (χ1n) is 4.95. The lowest BCUT2D eigenvalue weighted by Gasteiger charge is -2.07. The molecular formula is C13H17F. The SMILES string of the molecule is C/C(=C/c1c(C)cccc1F)C(C)C. The molecule has 0 aliphatic carbocycles. The Bertz CT molecular complexity index is 328. The van der Waals surface area contributed by atoms with Crippen LogP contribution >= 0.6 is 0 Å². The van der Waals surface area contributed by atoms with Crippen LogP contribution in [0.2, 0.25) is 0 Å². The Kier molecular flexibility index (Phi) is 3.45. The number of halogens is 1. The van der Waals surface area contributed by atoms with Crippen molar-refractivity contribution in [2.45, 2.75) is 27.7 Å². The highest BCUT2D eigenvalue weighted by Crippen LogP contribution is 2.19. The third kappa shape index (κ3) is 2.44. The second kappa shape index (κ2) is 4.41. The molecule has 1 aromatic carbocycles. The summed E-state index contributed by atoms with van der Waals surface area (Å²) in [7, 11) is 0. The first-order chi connectivity index (χ1) is 6.52. The summed E-state index contributed by atoms with van der Waals surface area (Å²) in [6.45, 7) is 8.20. The zero-order valence-corrected chi connectivity index (χ0v) is 9.26. The van der Waals surface area contributed by atoms with Crippen molar-refractivity contribution in [2.24, 2.45) is 5.92 Å². The highest BCUT2D eigenvalue weighted by molar-refractivity contribution is 5.57. The Balaban J connectivity index is 3.14. The van der Waals surface area contributed by atoms with Crippen LogP contribution in [0.3, 0.4) is 0 Å². The molecule has 0 saturated heterocycles. The van der Waals surface area contributed by atoms with Crippen molar-refractivity contribution >= 4 is 6.08 Å². The van der Waals surface area contributed by atoms with Gasteiger partial charge >= 0.3 is 0 Å². The van der Waals surface area contributed by atoms with Crippen molar-refractivity contribution in [3.63, 3.8) is 0 Å². The van der Waals surface area contributed by atoms with Gasteiger partial charge in [-0.25, -0.2) is 4.39 Å². The second-order valence-electron chi connectivity index (χ2n) is 4.01. The lowest BCUT2D eigenvalue weighted by Crippen LogP contribution is -1.92. The third-order valence-corrected chi connectivity index (χ3v) is 2.55. The van der Waals surface area contributed by atoms with E-state index in [9.17, 15) is 4.39 Å². The van der Waals surface area contributed by atoms with Crippen molar-refractivity contribution in [3.05, 3.63) is 40.7 Å². The maximum Gasteiger partial charge on any atom is 0.130 e. The fraction of sp³-hybridized carbons (Fsp3) is 0.385. The van der Waals surface area contributed by atoms with Gasteiger partial charge in [-0.3, -0.25) is 0 Å². The van der Waals surface area contributed by atoms with E-state index in [4.69, 9.17) is 0 Å². The van der Waals surface area contributed by atoms with Crippen LogP contribution in [-0.4, -0.2) is 0 Å². The van der Waals surface area contributed by atoms with Crippen LogP contribution in [0.4, 0.5) is 4.39 Å². The predicted octanol–water partition coefficient (Wildman–Crippen LogP) is 4.19. The second-order valence-corrected chi connectivity index (χ2v) is 4.01. The normalized spacial score (nSPS) is 12.3. The molecule has 1 rings (SSSR count). The zero-order chi connectivity index (χ0) is 10.7. The fourth-order valence-electron chi connectivity index (χ4n) is 1.22. The molecule has 1 aromatic rings. The Hall–Kier alpha value is -1.11. The first-order valence-corrected chi connectivity index (χ1v) is 4.95. The number of benzene rings is 1. The van der Waals surface area contributed by atoms with Crippen molar-refractivity contribution in [1.82, 2.24) is 0 Å². The van der Waals surface area contributed by atoms with Gasteiger partial charge in [0.15, 0.2) is 0 Å². The van der Waals surface area contributed by atoms with Crippen LogP contribution in [0.15, 0.2) is 23.8 Å². The summed E-state index contributed by atoms with van der Waals surface area (Å²) < 4.78 is 13.4. The number of aryl methyl sites for hydroxylation is 1. The molecule has 0 saturated carbocycles. The van der Waals surface area contributed by atoms with Gasteiger partial charge in [-0.2, -0.15) is 0 Å². The van der Waals surface area contributed by atoms with Gasteiger partial charge in [0.05, 0.1) is 0 Å². The van der Waals surface area contributed by atoms with Crippen LogP contribution in [0.5, 0.6) is 0 Å². The minimum atomic E-state index is -0.134. The molecule has 0 aliphatic heterocycles. The quantitative estimate of drug-likeness (QED) is 0.659. The number of hydrogen-bond acceptors (Lipinski definition) is 0. The lowest BCUT2D eigenvalue weighted by molar-refractivity contribution is 0.623. The average Bonchev–Trinajstić information content (AvgIpc) is 2.11. The molecule has 14 heavy (non-hydrogen) atoms. The molecule has 1 heteroatoms. The van der Waals surface area contributed by atoms with Gasteiger partial charge in [0.1, 0.15) is 5.82 Å². The summed E-state index contributed by atoms with van der Waals surface area (Å²) in [5.41, 5.74) is 2.92. The van der Waals surface area contributed by atoms with E-state index in [1.807, 2.05) is 26.0 Å². The molecule has 0 unspecified atom stereocenters. The van der Waals surface area contributed by atoms with Crippen molar-refractivity contribution in [2.75, 3.05) is 0 Å². The van der Waals surface area contributed by atoms with Gasteiger partial charge in [0.2, 0.25) is 0 Å². The van der Waals surface area contributed by atoms with Crippen LogP contribution in [0.1, 0.15) is 31.9 Å². The van der Waals surface area contributed by atoms with E-state index in [0.29, 0.717) is 5.92 Å². The smallest absolute Gasteiger partial charge is 0.130 e. The maximum absolute atomic E-state index is 13.4. The summed E-state index contributed by atoms with van der Waals surface area (Å²) in [4.78, 5) is 0. The van der Waals surface area contributed by atoms with Crippen LogP contribution in [-0.2, 0) is 0 Å². The Labute approximate surface area is 85.5 Å². The van der Waals surface area contributed by atoms with Crippen molar-refractivity contribution in [3.8, 4) is 0 Å². The minimum absolute atomic E-state index is 0.134. The molecule has 0 fully saturated rings. The minimum Gasteiger partial charge on any atom is -0.206 e. The van der Waals surface area contributed by atoms with E-state index in [0.717, 1.165) is 11.1 Å². The number of hydrogen-bond donors (Lipinski definition) is 0. The van der Waals surface area contributed by atoms with E-state index in [-0.39, 0.29) is 5.82 Å². The van der Waals surface area contributed by atoms with Gasteiger partial charge in [-0.05, 0) is 31.4 Å². The standard InChI is InChI=1S/C13H17F/c1-9(2)11(4)8-12-10(3)6-5-7-13(12)14/h5-9H,1-4H3/b11-8-. The molecule has 0 N–H and O–H groups in total. The van der Waals surface area contributed by atoms with Crippen LogP contribution in [0.25, 0.3) is 6.08 Å². The topological polar surface area (TPSA) is 0 Å². The predicted molar refractivity (Wildman–Crippen MR) is 59.6 cm³/mol. The Morgan fingerprint density at radius 1 is 1.36 bits per heavy atom. The summed E-state index contributed by atoms with van der Waals surface area (Å²) in [5.74, 6) is 0.332. The zero-order valence-electron chi connectivity index (χ0n) is 9.26. The molecule has 0 heterocycles. The Morgan fingerprint density at radius 2 is 2.00 bits per heavy atom. The summed E-state index contributed by atoms with van der Waals surface area (Å²) >= 11 is 0. The van der Waals surface area contributed by atoms with Crippen molar-refractivity contribution in [1.29, 1.82) is 0 Å². The lowest BCUT2D eigenvalue weighted by atomic mass is 9.99. The molecule has 0 aliphatic rings. The molecule has 0 amide bonds. The highest BCUT2D eigenvalue weighted by atomic mass is 19.1. The summed E-state index contributed by atoms with van der Waals surface area (Å²) in [6, 6.07) is 5.18. The third-order valence-electron chi connectivity index (χ3n) is 2.55. The van der Waals surface area contributed by atoms with Gasteiger partial charge in [-0.15, -0.1) is 0 Å². The number of rotatable bonds is 2. The molecule has 0 bridgehead atoms. The monoisotopic (exact) mass is 192 g/mol. The summed E-state index contributed by atoms with van der Waals surface area (Å²) in [6.07, 6.45) is 1.94. The first kappa shape index (κ1) is 11.0. The van der Waals surface area contributed by atoms with E-state index in [2.05, 4.69) is 13.8 Å². The molecule has 0 nitrogen and oxygen atoms in total. The van der Waals surface area contributed by atoms with E-state index in [1.54, 1.807) is 6.07 Å². The van der Waals surface area contributed by atoms with Gasteiger partial charge in [-0.1, -0.05) is 37.6 Å². The Morgan fingerprint density at radius 3 is 2.50 bits per heavy atom. The largest absolute Gasteiger partial charge is 0.206 e. The van der Waals surface area contributed by atoms with E-state index in [1.165, 1.54) is 11.6 Å². The molecule has 0 atom stereocenters. The van der Waals surface area contributed by atoms with Crippen LogP contribution in [0, 0.1) is 18.7 Å². The van der Waals surface area contributed by atoms with Crippen LogP contribution < -0.4 is 0 Å². The molecule has 0 spiro atoms. The maximum atomic E-state index is 13.4. The molecule has 0 radical (unpaired) electrons.